The zero-order valence-electron chi connectivity index (χ0n) is 6.75. The van der Waals surface area contributed by atoms with E-state index in [1.807, 2.05) is 0 Å². The highest BCUT2D eigenvalue weighted by molar-refractivity contribution is 4.96. The molecule has 0 saturated carbocycles. The van der Waals surface area contributed by atoms with E-state index in [4.69, 9.17) is 4.84 Å². The number of hydroxylamine groups is 1. The zero-order valence-corrected chi connectivity index (χ0v) is 6.75. The normalized spacial score (nSPS) is 23.5. The maximum atomic E-state index is 5.10. The van der Waals surface area contributed by atoms with E-state index < -0.39 is 0 Å². The summed E-state index contributed by atoms with van der Waals surface area (Å²) < 4.78 is 0. The molecular weight excluding hydrogens is 138 g/mol. The molecule has 0 aromatic rings. The maximum Gasteiger partial charge on any atom is 0.0861 e. The minimum absolute atomic E-state index is 0.406. The lowest BCUT2D eigenvalue weighted by Gasteiger charge is -2.16. The molecule has 2 heteroatoms. The molecule has 0 aromatic carbocycles. The van der Waals surface area contributed by atoms with E-state index in [1.54, 1.807) is 6.08 Å². The van der Waals surface area contributed by atoms with Gasteiger partial charge in [-0.3, -0.25) is 4.84 Å². The van der Waals surface area contributed by atoms with Crippen LogP contribution in [0.2, 0.25) is 0 Å². The van der Waals surface area contributed by atoms with Crippen molar-refractivity contribution in [2.45, 2.75) is 25.3 Å². The fraction of sp³-hybridized carbons (Fsp3) is 0.556. The lowest BCUT2D eigenvalue weighted by molar-refractivity contribution is 0.0431. The van der Waals surface area contributed by atoms with Gasteiger partial charge in [-0.05, 0) is 19.3 Å². The standard InChI is InChI=1S/C9H15NO/c1-2-8-11-10-9-6-4-3-5-7-9/h2,4,6,9-10H,1,3,5,7-8H2. The first kappa shape index (κ1) is 8.50. The number of allylic oxidation sites excluding steroid dienone is 1. The number of hydrogen-bond donors (Lipinski definition) is 1. The molecular formula is C9H15NO. The van der Waals surface area contributed by atoms with Crippen molar-refractivity contribution in [3.8, 4) is 0 Å². The number of nitrogens with one attached hydrogen (secondary N) is 1. The summed E-state index contributed by atoms with van der Waals surface area (Å²) in [4.78, 5) is 5.10. The van der Waals surface area contributed by atoms with Gasteiger partial charge < -0.3 is 0 Å². The quantitative estimate of drug-likeness (QED) is 0.378. The van der Waals surface area contributed by atoms with Crippen LogP contribution in [0.1, 0.15) is 19.3 Å². The van der Waals surface area contributed by atoms with Gasteiger partial charge >= 0.3 is 0 Å². The van der Waals surface area contributed by atoms with Gasteiger partial charge in [0.2, 0.25) is 0 Å². The van der Waals surface area contributed by atoms with Crippen molar-refractivity contribution in [2.24, 2.45) is 0 Å². The van der Waals surface area contributed by atoms with Crippen LogP contribution in [0.4, 0.5) is 0 Å². The summed E-state index contributed by atoms with van der Waals surface area (Å²) in [7, 11) is 0. The van der Waals surface area contributed by atoms with Crippen molar-refractivity contribution in [1.29, 1.82) is 0 Å². The minimum Gasteiger partial charge on any atom is -0.297 e. The average Bonchev–Trinajstić information content (AvgIpc) is 2.07. The second-order valence-electron chi connectivity index (χ2n) is 2.68. The maximum absolute atomic E-state index is 5.10. The van der Waals surface area contributed by atoms with E-state index in [9.17, 15) is 0 Å². The highest BCUT2D eigenvalue weighted by Crippen LogP contribution is 2.09. The molecule has 0 saturated heterocycles. The Bertz CT molecular complexity index is 142. The molecule has 1 N–H and O–H groups in total. The van der Waals surface area contributed by atoms with E-state index >= 15 is 0 Å². The zero-order chi connectivity index (χ0) is 7.94. The highest BCUT2D eigenvalue weighted by atomic mass is 16.6. The number of rotatable bonds is 4. The fourth-order valence-electron chi connectivity index (χ4n) is 1.12. The second-order valence-corrected chi connectivity index (χ2v) is 2.68. The summed E-state index contributed by atoms with van der Waals surface area (Å²) in [5, 5.41) is 0. The van der Waals surface area contributed by atoms with Crippen LogP contribution in [0.25, 0.3) is 0 Å². The van der Waals surface area contributed by atoms with Crippen LogP contribution in [0.15, 0.2) is 24.8 Å². The Labute approximate surface area is 67.9 Å². The van der Waals surface area contributed by atoms with Crippen LogP contribution in [-0.4, -0.2) is 12.6 Å². The van der Waals surface area contributed by atoms with Gasteiger partial charge in [0, 0.05) is 0 Å². The molecule has 0 amide bonds. The fourth-order valence-corrected chi connectivity index (χ4v) is 1.12. The highest BCUT2D eigenvalue weighted by Gasteiger charge is 2.06. The Morgan fingerprint density at radius 3 is 3.27 bits per heavy atom. The first-order valence-corrected chi connectivity index (χ1v) is 4.08. The third-order valence-corrected chi connectivity index (χ3v) is 1.69. The SMILES string of the molecule is C=CCONC1C=CCCC1. The molecule has 62 valence electrons. The van der Waals surface area contributed by atoms with Crippen LogP contribution in [-0.2, 0) is 4.84 Å². The van der Waals surface area contributed by atoms with Crippen LogP contribution in [0.5, 0.6) is 0 Å². The Balaban J connectivity index is 2.09. The molecule has 0 heterocycles. The van der Waals surface area contributed by atoms with Gasteiger partial charge in [-0.2, -0.15) is 5.48 Å². The van der Waals surface area contributed by atoms with Gasteiger partial charge in [-0.1, -0.05) is 18.2 Å². The largest absolute Gasteiger partial charge is 0.297 e. The second kappa shape index (κ2) is 5.10. The Morgan fingerprint density at radius 1 is 1.73 bits per heavy atom. The van der Waals surface area contributed by atoms with Gasteiger partial charge in [0.1, 0.15) is 0 Å². The molecule has 0 aromatic heterocycles. The third-order valence-electron chi connectivity index (χ3n) is 1.69. The molecule has 1 atom stereocenters. The van der Waals surface area contributed by atoms with Crippen molar-refractivity contribution in [2.75, 3.05) is 6.61 Å². The van der Waals surface area contributed by atoms with Gasteiger partial charge in [0.05, 0.1) is 12.6 Å². The Hall–Kier alpha value is -0.600. The van der Waals surface area contributed by atoms with Crippen molar-refractivity contribution in [1.82, 2.24) is 5.48 Å². The van der Waals surface area contributed by atoms with Crippen molar-refractivity contribution in [3.05, 3.63) is 24.8 Å². The van der Waals surface area contributed by atoms with Crippen molar-refractivity contribution in [3.63, 3.8) is 0 Å². The molecule has 0 aliphatic heterocycles. The summed E-state index contributed by atoms with van der Waals surface area (Å²) >= 11 is 0. The molecule has 0 radical (unpaired) electrons. The molecule has 1 aliphatic rings. The van der Waals surface area contributed by atoms with Gasteiger partial charge in [0.25, 0.3) is 0 Å². The lowest BCUT2D eigenvalue weighted by Crippen LogP contribution is -2.28. The predicted octanol–water partition coefficient (Wildman–Crippen LogP) is 1.80. The van der Waals surface area contributed by atoms with E-state index in [2.05, 4.69) is 24.2 Å². The van der Waals surface area contributed by atoms with E-state index in [0.717, 1.165) is 0 Å². The van der Waals surface area contributed by atoms with Crippen molar-refractivity contribution >= 4 is 0 Å². The molecule has 0 bridgehead atoms. The third kappa shape index (κ3) is 3.35. The van der Waals surface area contributed by atoms with Gasteiger partial charge in [-0.25, -0.2) is 0 Å². The molecule has 2 nitrogen and oxygen atoms in total. The summed E-state index contributed by atoms with van der Waals surface area (Å²) in [5.74, 6) is 0. The van der Waals surface area contributed by atoms with Crippen molar-refractivity contribution < 1.29 is 4.84 Å². The first-order valence-electron chi connectivity index (χ1n) is 4.08. The summed E-state index contributed by atoms with van der Waals surface area (Å²) in [6.45, 7) is 4.13. The van der Waals surface area contributed by atoms with E-state index in [0.29, 0.717) is 12.6 Å². The summed E-state index contributed by atoms with van der Waals surface area (Å²) in [5.41, 5.74) is 2.96. The molecule has 1 aliphatic carbocycles. The van der Waals surface area contributed by atoms with Crippen LogP contribution < -0.4 is 5.48 Å². The monoisotopic (exact) mass is 153 g/mol. The summed E-state index contributed by atoms with van der Waals surface area (Å²) in [6.07, 6.45) is 9.73. The van der Waals surface area contributed by atoms with Gasteiger partial charge in [-0.15, -0.1) is 6.58 Å². The molecule has 11 heavy (non-hydrogen) atoms. The Morgan fingerprint density at radius 2 is 2.64 bits per heavy atom. The van der Waals surface area contributed by atoms with E-state index in [1.165, 1.54) is 19.3 Å². The van der Waals surface area contributed by atoms with Crippen LogP contribution in [0, 0.1) is 0 Å². The topological polar surface area (TPSA) is 21.3 Å². The van der Waals surface area contributed by atoms with Gasteiger partial charge in [0.15, 0.2) is 0 Å². The molecule has 1 unspecified atom stereocenters. The average molecular weight is 153 g/mol. The van der Waals surface area contributed by atoms with Crippen LogP contribution >= 0.6 is 0 Å². The minimum atomic E-state index is 0.406. The molecule has 0 spiro atoms. The predicted molar refractivity (Wildman–Crippen MR) is 46.1 cm³/mol. The van der Waals surface area contributed by atoms with Crippen LogP contribution in [0.3, 0.4) is 0 Å². The molecule has 0 fully saturated rings. The Kier molecular flexibility index (Phi) is 3.94. The molecule has 1 rings (SSSR count). The first-order chi connectivity index (χ1) is 5.43. The number of hydrogen-bond acceptors (Lipinski definition) is 2. The lowest BCUT2D eigenvalue weighted by atomic mass is 10.0. The smallest absolute Gasteiger partial charge is 0.0861 e. The summed E-state index contributed by atoms with van der Waals surface area (Å²) in [6, 6.07) is 0.406. The van der Waals surface area contributed by atoms with E-state index in [-0.39, 0.29) is 0 Å².